The lowest BCUT2D eigenvalue weighted by Gasteiger charge is -2.30. The number of amides is 1. The first-order chi connectivity index (χ1) is 7.68. The summed E-state index contributed by atoms with van der Waals surface area (Å²) in [6.45, 7) is 3.79. The molecule has 1 unspecified atom stereocenters. The van der Waals surface area contributed by atoms with E-state index in [-0.39, 0.29) is 11.9 Å². The lowest BCUT2D eigenvalue weighted by Crippen LogP contribution is -2.54. The Balaban J connectivity index is 2.10. The van der Waals surface area contributed by atoms with Gasteiger partial charge >= 0.3 is 0 Å². The van der Waals surface area contributed by atoms with Crippen LogP contribution in [0.1, 0.15) is 11.1 Å². The van der Waals surface area contributed by atoms with E-state index in [2.05, 4.69) is 24.4 Å². The summed E-state index contributed by atoms with van der Waals surface area (Å²) < 4.78 is 0. The molecule has 1 aromatic carbocycles. The maximum Gasteiger partial charge on any atom is 0.239 e. The molecule has 1 aromatic rings. The fourth-order valence-electron chi connectivity index (χ4n) is 2.09. The second-order valence-electron chi connectivity index (χ2n) is 4.40. The topological polar surface area (TPSA) is 32.3 Å². The number of hydrogen-bond acceptors (Lipinski definition) is 2. The third-order valence-corrected chi connectivity index (χ3v) is 3.20. The number of piperazine rings is 1. The summed E-state index contributed by atoms with van der Waals surface area (Å²) in [4.78, 5) is 13.7. The Morgan fingerprint density at radius 2 is 2.19 bits per heavy atom. The van der Waals surface area contributed by atoms with Crippen molar-refractivity contribution in [3.05, 3.63) is 35.4 Å². The molecule has 2 rings (SSSR count). The number of nitrogens with one attached hydrogen (secondary N) is 1. The van der Waals surface area contributed by atoms with Crippen LogP contribution in [0.3, 0.4) is 0 Å². The highest BCUT2D eigenvalue weighted by Gasteiger charge is 2.25. The van der Waals surface area contributed by atoms with Gasteiger partial charge in [-0.15, -0.1) is 0 Å². The molecule has 0 bridgehead atoms. The number of aryl methyl sites for hydroxylation is 1. The van der Waals surface area contributed by atoms with Gasteiger partial charge in [-0.05, 0) is 24.5 Å². The van der Waals surface area contributed by atoms with Gasteiger partial charge in [-0.1, -0.05) is 24.3 Å². The monoisotopic (exact) mass is 218 g/mol. The average molecular weight is 218 g/mol. The van der Waals surface area contributed by atoms with E-state index in [1.54, 1.807) is 4.90 Å². The first-order valence-corrected chi connectivity index (χ1v) is 5.71. The molecule has 1 atom stereocenters. The molecule has 1 saturated heterocycles. The number of rotatable bonds is 2. The van der Waals surface area contributed by atoms with Gasteiger partial charge in [0, 0.05) is 20.1 Å². The van der Waals surface area contributed by atoms with Gasteiger partial charge in [0.25, 0.3) is 0 Å². The lowest BCUT2D eigenvalue weighted by atomic mass is 9.99. The highest BCUT2D eigenvalue weighted by Crippen LogP contribution is 2.12. The van der Waals surface area contributed by atoms with Gasteiger partial charge in [0.05, 0.1) is 6.04 Å². The maximum atomic E-state index is 11.9. The van der Waals surface area contributed by atoms with Crippen LogP contribution in [-0.2, 0) is 11.2 Å². The number of nitrogens with zero attached hydrogens (tertiary/aromatic N) is 1. The van der Waals surface area contributed by atoms with Gasteiger partial charge in [-0.25, -0.2) is 0 Å². The van der Waals surface area contributed by atoms with Crippen molar-refractivity contribution >= 4 is 5.91 Å². The van der Waals surface area contributed by atoms with Crippen LogP contribution >= 0.6 is 0 Å². The molecular formula is C13H18N2O. The van der Waals surface area contributed by atoms with E-state index in [1.807, 2.05) is 19.2 Å². The molecule has 1 aliphatic heterocycles. The van der Waals surface area contributed by atoms with E-state index in [9.17, 15) is 4.79 Å². The quantitative estimate of drug-likeness (QED) is 0.802. The molecule has 0 aliphatic carbocycles. The van der Waals surface area contributed by atoms with Crippen molar-refractivity contribution in [2.24, 2.45) is 0 Å². The molecule has 1 aliphatic rings. The van der Waals surface area contributed by atoms with Crippen LogP contribution in [0.4, 0.5) is 0 Å². The number of benzene rings is 1. The molecule has 1 N–H and O–H groups in total. The molecule has 16 heavy (non-hydrogen) atoms. The van der Waals surface area contributed by atoms with Gasteiger partial charge in [-0.3, -0.25) is 4.79 Å². The molecule has 86 valence electrons. The Hall–Kier alpha value is -1.35. The van der Waals surface area contributed by atoms with E-state index in [1.165, 1.54) is 11.1 Å². The number of hydrogen-bond donors (Lipinski definition) is 1. The Morgan fingerprint density at radius 3 is 2.94 bits per heavy atom. The second kappa shape index (κ2) is 4.66. The molecule has 3 heteroatoms. The summed E-state index contributed by atoms with van der Waals surface area (Å²) in [5.41, 5.74) is 2.51. The van der Waals surface area contributed by atoms with Gasteiger partial charge in [0.15, 0.2) is 0 Å². The van der Waals surface area contributed by atoms with Crippen molar-refractivity contribution < 1.29 is 4.79 Å². The van der Waals surface area contributed by atoms with E-state index in [0.29, 0.717) is 0 Å². The predicted molar refractivity (Wildman–Crippen MR) is 64.3 cm³/mol. The minimum Gasteiger partial charge on any atom is -0.343 e. The molecule has 0 spiro atoms. The Bertz CT molecular complexity index is 389. The van der Waals surface area contributed by atoms with Crippen LogP contribution in [0.25, 0.3) is 0 Å². The first-order valence-electron chi connectivity index (χ1n) is 5.71. The van der Waals surface area contributed by atoms with Gasteiger partial charge in [-0.2, -0.15) is 0 Å². The highest BCUT2D eigenvalue weighted by molar-refractivity contribution is 5.82. The summed E-state index contributed by atoms with van der Waals surface area (Å²) in [7, 11) is 1.87. The smallest absolute Gasteiger partial charge is 0.239 e. The van der Waals surface area contributed by atoms with Crippen molar-refractivity contribution in [1.29, 1.82) is 0 Å². The third kappa shape index (κ3) is 2.25. The van der Waals surface area contributed by atoms with Crippen LogP contribution in [0.5, 0.6) is 0 Å². The van der Waals surface area contributed by atoms with Crippen molar-refractivity contribution in [3.63, 3.8) is 0 Å². The zero-order valence-corrected chi connectivity index (χ0v) is 9.86. The van der Waals surface area contributed by atoms with E-state index in [4.69, 9.17) is 0 Å². The minimum absolute atomic E-state index is 0.0557. The van der Waals surface area contributed by atoms with Crippen LogP contribution in [-0.4, -0.2) is 37.0 Å². The average Bonchev–Trinajstić information content (AvgIpc) is 2.28. The standard InChI is InChI=1S/C13H18N2O/c1-10-5-3-4-6-11(10)9-12-13(16)15(2)8-7-14-12/h3-6,12,14H,7-9H2,1-2H3. The number of likely N-dealkylation sites (N-methyl/N-ethyl adjacent to an activating group) is 1. The lowest BCUT2D eigenvalue weighted by molar-refractivity contribution is -0.134. The molecule has 1 amide bonds. The normalized spacial score (nSPS) is 21.2. The summed E-state index contributed by atoms with van der Waals surface area (Å²) >= 11 is 0. The van der Waals surface area contributed by atoms with Gasteiger partial charge < -0.3 is 10.2 Å². The maximum absolute atomic E-state index is 11.9. The number of carbonyl (C=O) groups excluding carboxylic acids is 1. The third-order valence-electron chi connectivity index (χ3n) is 3.20. The van der Waals surface area contributed by atoms with Gasteiger partial charge in [0.2, 0.25) is 5.91 Å². The van der Waals surface area contributed by atoms with Crippen molar-refractivity contribution in [1.82, 2.24) is 10.2 Å². The van der Waals surface area contributed by atoms with Crippen molar-refractivity contribution in [2.75, 3.05) is 20.1 Å². The van der Waals surface area contributed by atoms with Gasteiger partial charge in [0.1, 0.15) is 0 Å². The van der Waals surface area contributed by atoms with E-state index >= 15 is 0 Å². The fourth-order valence-corrected chi connectivity index (χ4v) is 2.09. The Kier molecular flexibility index (Phi) is 3.25. The largest absolute Gasteiger partial charge is 0.343 e. The number of carbonyl (C=O) groups is 1. The van der Waals surface area contributed by atoms with E-state index in [0.717, 1.165) is 19.5 Å². The second-order valence-corrected chi connectivity index (χ2v) is 4.40. The summed E-state index contributed by atoms with van der Waals surface area (Å²) in [6, 6.07) is 8.19. The van der Waals surface area contributed by atoms with E-state index < -0.39 is 0 Å². The highest BCUT2D eigenvalue weighted by atomic mass is 16.2. The summed E-state index contributed by atoms with van der Waals surface area (Å²) in [6.07, 6.45) is 0.788. The molecule has 1 fully saturated rings. The van der Waals surface area contributed by atoms with Crippen LogP contribution in [0.15, 0.2) is 24.3 Å². The van der Waals surface area contributed by atoms with Crippen LogP contribution in [0.2, 0.25) is 0 Å². The molecule has 0 saturated carbocycles. The Labute approximate surface area is 96.5 Å². The van der Waals surface area contributed by atoms with Crippen LogP contribution in [0, 0.1) is 6.92 Å². The molecule has 1 heterocycles. The molecular weight excluding hydrogens is 200 g/mol. The SMILES string of the molecule is Cc1ccccc1CC1NCCN(C)C1=O. The van der Waals surface area contributed by atoms with Crippen molar-refractivity contribution in [2.45, 2.75) is 19.4 Å². The Morgan fingerprint density at radius 1 is 1.44 bits per heavy atom. The molecule has 0 aromatic heterocycles. The zero-order chi connectivity index (χ0) is 11.5. The summed E-state index contributed by atoms with van der Waals surface area (Å²) in [5.74, 6) is 0.203. The minimum atomic E-state index is -0.0557. The fraction of sp³-hybridized carbons (Fsp3) is 0.462. The zero-order valence-electron chi connectivity index (χ0n) is 9.86. The van der Waals surface area contributed by atoms with Crippen LogP contribution < -0.4 is 5.32 Å². The molecule has 0 radical (unpaired) electrons. The van der Waals surface area contributed by atoms with Crippen molar-refractivity contribution in [3.8, 4) is 0 Å². The first kappa shape index (κ1) is 11.1. The molecule has 3 nitrogen and oxygen atoms in total. The predicted octanol–water partition coefficient (Wildman–Crippen LogP) is 0.968. The summed E-state index contributed by atoms with van der Waals surface area (Å²) in [5, 5.41) is 3.28.